The zero-order valence-electron chi connectivity index (χ0n) is 20.2. The van der Waals surface area contributed by atoms with Crippen molar-refractivity contribution in [3.8, 4) is 10.6 Å². The third-order valence-corrected chi connectivity index (χ3v) is 7.20. The molecule has 1 heterocycles. The van der Waals surface area contributed by atoms with Gasteiger partial charge in [-0.15, -0.1) is 11.3 Å². The number of anilines is 1. The number of nitrogens with one attached hydrogen (secondary N) is 2. The van der Waals surface area contributed by atoms with Crippen LogP contribution < -0.4 is 10.6 Å². The quantitative estimate of drug-likeness (QED) is 0.343. The van der Waals surface area contributed by atoms with E-state index >= 15 is 0 Å². The summed E-state index contributed by atoms with van der Waals surface area (Å²) < 4.78 is 38.7. The number of hydrogen-bond acceptors (Lipinski definition) is 4. The van der Waals surface area contributed by atoms with Gasteiger partial charge in [-0.05, 0) is 61.9 Å². The van der Waals surface area contributed by atoms with E-state index in [1.807, 2.05) is 26.0 Å². The van der Waals surface area contributed by atoms with Crippen molar-refractivity contribution < 1.29 is 18.0 Å². The van der Waals surface area contributed by atoms with Gasteiger partial charge in [0.15, 0.2) is 0 Å². The number of hydrogen-bond donors (Lipinski definition) is 2. The molecule has 2 N–H and O–H groups in total. The van der Waals surface area contributed by atoms with Crippen LogP contribution in [0.15, 0.2) is 48.5 Å². The fourth-order valence-electron chi connectivity index (χ4n) is 4.14. The first-order valence-electron chi connectivity index (χ1n) is 11.8. The number of thiazole rings is 1. The minimum absolute atomic E-state index is 0.0608. The molecule has 8 heteroatoms. The van der Waals surface area contributed by atoms with Crippen LogP contribution in [0.5, 0.6) is 0 Å². The first kappa shape index (κ1) is 25.2. The third-order valence-electron chi connectivity index (χ3n) is 6.08. The number of benzene rings is 2. The Kier molecular flexibility index (Phi) is 7.22. The summed E-state index contributed by atoms with van der Waals surface area (Å²) in [6, 6.07) is 13.5. The zero-order valence-corrected chi connectivity index (χ0v) is 21.1. The normalized spacial score (nSPS) is 17.6. The monoisotopic (exact) mass is 501 g/mol. The molecule has 1 aromatic heterocycles. The molecule has 1 aliphatic carbocycles. The predicted molar refractivity (Wildman–Crippen MR) is 135 cm³/mol. The van der Waals surface area contributed by atoms with Gasteiger partial charge in [0.1, 0.15) is 5.01 Å². The molecule has 2 unspecified atom stereocenters. The Morgan fingerprint density at radius 2 is 1.71 bits per heavy atom. The Labute approximate surface area is 208 Å². The van der Waals surface area contributed by atoms with Crippen LogP contribution in [0, 0.1) is 5.92 Å². The van der Waals surface area contributed by atoms with E-state index in [9.17, 15) is 18.0 Å². The highest BCUT2D eigenvalue weighted by atomic mass is 32.1. The standard InChI is InChI=1S/C27H30F3N3OS/c1-15(2)24-23(35-26(33-24)18-5-9-19(10-6-18)27(28,29)30)14-31-20-11-7-17(8-12-20)21-13-22(21)25(34)32-16(3)4/h5-12,15-16,21-22,31H,13-14H2,1-4H3,(H,32,34). The van der Waals surface area contributed by atoms with E-state index in [1.54, 1.807) is 0 Å². The summed E-state index contributed by atoms with van der Waals surface area (Å²) in [5.74, 6) is 0.661. The maximum atomic E-state index is 12.9. The van der Waals surface area contributed by atoms with E-state index in [2.05, 4.69) is 36.6 Å². The molecule has 0 bridgehead atoms. The van der Waals surface area contributed by atoms with Crippen LogP contribution in [-0.2, 0) is 17.5 Å². The summed E-state index contributed by atoms with van der Waals surface area (Å²) in [6.45, 7) is 8.64. The molecule has 2 atom stereocenters. The highest BCUT2D eigenvalue weighted by molar-refractivity contribution is 7.15. The van der Waals surface area contributed by atoms with E-state index < -0.39 is 11.7 Å². The van der Waals surface area contributed by atoms with Gasteiger partial charge in [0.25, 0.3) is 0 Å². The highest BCUT2D eigenvalue weighted by Crippen LogP contribution is 2.47. The lowest BCUT2D eigenvalue weighted by atomic mass is 10.1. The summed E-state index contributed by atoms with van der Waals surface area (Å²) in [7, 11) is 0. The number of halogens is 3. The van der Waals surface area contributed by atoms with E-state index in [0.717, 1.165) is 34.8 Å². The smallest absolute Gasteiger partial charge is 0.380 e. The first-order chi connectivity index (χ1) is 16.5. The summed E-state index contributed by atoms with van der Waals surface area (Å²) in [4.78, 5) is 18.0. The Balaban J connectivity index is 1.41. The lowest BCUT2D eigenvalue weighted by Crippen LogP contribution is -2.31. The lowest BCUT2D eigenvalue weighted by Gasteiger charge is -2.10. The second kappa shape index (κ2) is 10.0. The molecule has 2 aromatic carbocycles. The van der Waals surface area contributed by atoms with Gasteiger partial charge in [-0.3, -0.25) is 4.79 Å². The summed E-state index contributed by atoms with van der Waals surface area (Å²) in [6.07, 6.45) is -3.47. The van der Waals surface area contributed by atoms with Crippen molar-refractivity contribution in [2.75, 3.05) is 5.32 Å². The fourth-order valence-corrected chi connectivity index (χ4v) is 5.30. The van der Waals surface area contributed by atoms with E-state index in [-0.39, 0.29) is 29.7 Å². The molecule has 35 heavy (non-hydrogen) atoms. The fraction of sp³-hybridized carbons (Fsp3) is 0.407. The van der Waals surface area contributed by atoms with Crippen LogP contribution in [-0.4, -0.2) is 16.9 Å². The Hall–Kier alpha value is -2.87. The lowest BCUT2D eigenvalue weighted by molar-refractivity contribution is -0.137. The first-order valence-corrected chi connectivity index (χ1v) is 12.7. The van der Waals surface area contributed by atoms with Gasteiger partial charge in [-0.1, -0.05) is 38.1 Å². The zero-order chi connectivity index (χ0) is 25.3. The molecule has 0 radical (unpaired) electrons. The number of aromatic nitrogens is 1. The molecule has 186 valence electrons. The molecule has 1 fully saturated rings. The maximum absolute atomic E-state index is 12.9. The van der Waals surface area contributed by atoms with Crippen molar-refractivity contribution in [1.29, 1.82) is 0 Å². The SMILES string of the molecule is CC(C)NC(=O)C1CC1c1ccc(NCc2sc(-c3ccc(C(F)(F)F)cc3)nc2C(C)C)cc1. The van der Waals surface area contributed by atoms with Gasteiger partial charge < -0.3 is 10.6 Å². The number of amides is 1. The Morgan fingerprint density at radius 3 is 2.29 bits per heavy atom. The molecule has 3 aromatic rings. The van der Waals surface area contributed by atoms with Crippen molar-refractivity contribution in [1.82, 2.24) is 10.3 Å². The molecule has 4 nitrogen and oxygen atoms in total. The second-order valence-electron chi connectivity index (χ2n) is 9.64. The van der Waals surface area contributed by atoms with Crippen LogP contribution in [0.4, 0.5) is 18.9 Å². The summed E-state index contributed by atoms with van der Waals surface area (Å²) in [5, 5.41) is 7.14. The largest absolute Gasteiger partial charge is 0.416 e. The van der Waals surface area contributed by atoms with Gasteiger partial charge in [-0.25, -0.2) is 4.98 Å². The van der Waals surface area contributed by atoms with E-state index in [0.29, 0.717) is 17.1 Å². The van der Waals surface area contributed by atoms with Gasteiger partial charge in [0.05, 0.1) is 17.8 Å². The molecular formula is C27H30F3N3OS. The molecule has 0 aliphatic heterocycles. The van der Waals surface area contributed by atoms with Gasteiger partial charge in [0, 0.05) is 28.1 Å². The van der Waals surface area contributed by atoms with Crippen LogP contribution in [0.3, 0.4) is 0 Å². The van der Waals surface area contributed by atoms with E-state index in [1.165, 1.54) is 29.0 Å². The molecular weight excluding hydrogens is 471 g/mol. The van der Waals surface area contributed by atoms with Crippen LogP contribution in [0.1, 0.15) is 67.6 Å². The topological polar surface area (TPSA) is 54.0 Å². The minimum atomic E-state index is -4.35. The summed E-state index contributed by atoms with van der Waals surface area (Å²) in [5.41, 5.74) is 3.11. The Bertz CT molecular complexity index is 1170. The molecule has 0 saturated heterocycles. The van der Waals surface area contributed by atoms with Gasteiger partial charge in [-0.2, -0.15) is 13.2 Å². The van der Waals surface area contributed by atoms with E-state index in [4.69, 9.17) is 4.98 Å². The molecule has 1 saturated carbocycles. The van der Waals surface area contributed by atoms with Crippen molar-refractivity contribution >= 4 is 22.9 Å². The highest BCUT2D eigenvalue weighted by Gasteiger charge is 2.43. The van der Waals surface area contributed by atoms with Crippen molar-refractivity contribution in [3.63, 3.8) is 0 Å². The van der Waals surface area contributed by atoms with Crippen LogP contribution >= 0.6 is 11.3 Å². The van der Waals surface area contributed by atoms with Crippen molar-refractivity contribution in [2.24, 2.45) is 5.92 Å². The number of rotatable bonds is 8. The number of carbonyl (C=O) groups is 1. The third kappa shape index (κ3) is 6.04. The van der Waals surface area contributed by atoms with Crippen molar-refractivity contribution in [3.05, 3.63) is 70.2 Å². The Morgan fingerprint density at radius 1 is 1.06 bits per heavy atom. The number of alkyl halides is 3. The van der Waals surface area contributed by atoms with Crippen LogP contribution in [0.2, 0.25) is 0 Å². The van der Waals surface area contributed by atoms with Gasteiger partial charge in [0.2, 0.25) is 5.91 Å². The molecule has 1 amide bonds. The van der Waals surface area contributed by atoms with Crippen LogP contribution in [0.25, 0.3) is 10.6 Å². The molecule has 1 aliphatic rings. The average Bonchev–Trinajstić information content (AvgIpc) is 3.49. The van der Waals surface area contributed by atoms with Crippen molar-refractivity contribution in [2.45, 2.75) is 64.7 Å². The predicted octanol–water partition coefficient (Wildman–Crippen LogP) is 7.19. The summed E-state index contributed by atoms with van der Waals surface area (Å²) >= 11 is 1.50. The number of carbonyl (C=O) groups excluding carboxylic acids is 1. The second-order valence-corrected chi connectivity index (χ2v) is 10.7. The van der Waals surface area contributed by atoms with Gasteiger partial charge >= 0.3 is 6.18 Å². The maximum Gasteiger partial charge on any atom is 0.416 e. The average molecular weight is 502 g/mol. The molecule has 4 rings (SSSR count). The molecule has 0 spiro atoms. The minimum Gasteiger partial charge on any atom is -0.380 e. The number of nitrogens with zero attached hydrogens (tertiary/aromatic N) is 1.